The van der Waals surface area contributed by atoms with Crippen molar-refractivity contribution in [1.82, 2.24) is 0 Å². The van der Waals surface area contributed by atoms with Crippen molar-refractivity contribution < 1.29 is 9.90 Å². The smallest absolute Gasteiger partial charge is 0.337 e. The molecule has 0 amide bonds. The Balaban J connectivity index is 0.000000195. The Morgan fingerprint density at radius 1 is 0.500 bits per heavy atom. The minimum atomic E-state index is -1.01. The zero-order chi connectivity index (χ0) is 35.5. The third-order valence-electron chi connectivity index (χ3n) is 8.15. The minimum absolute atomic E-state index is 0.171. The molecule has 8 heteroatoms. The fraction of sp³-hybridized carbons (Fsp3) is 0.119. The van der Waals surface area contributed by atoms with Gasteiger partial charge in [0.25, 0.3) is 0 Å². The molecule has 0 aliphatic rings. The van der Waals surface area contributed by atoms with E-state index in [0.29, 0.717) is 31.5 Å². The Bertz CT molecular complexity index is 2010. The van der Waals surface area contributed by atoms with Gasteiger partial charge in [-0.3, -0.25) is 0 Å². The number of carboxylic acids is 1. The van der Waals surface area contributed by atoms with Crippen LogP contribution in [0.1, 0.15) is 38.2 Å². The number of aryl methyl sites for hydroxylation is 5. The Morgan fingerprint density at radius 3 is 1.36 bits per heavy atom. The zero-order valence-electron chi connectivity index (χ0n) is 27.4. The highest BCUT2D eigenvalue weighted by atomic mass is 35.5. The average molecular weight is 743 g/mol. The Labute approximate surface area is 313 Å². The van der Waals surface area contributed by atoms with Crippen molar-refractivity contribution in [2.24, 2.45) is 0 Å². The molecule has 4 nitrogen and oxygen atoms in total. The number of halogens is 4. The second-order valence-electron chi connectivity index (χ2n) is 11.7. The van der Waals surface area contributed by atoms with Gasteiger partial charge >= 0.3 is 5.97 Å². The van der Waals surface area contributed by atoms with Gasteiger partial charge in [-0.25, -0.2) is 4.79 Å². The molecule has 6 aromatic rings. The van der Waals surface area contributed by atoms with E-state index >= 15 is 0 Å². The van der Waals surface area contributed by atoms with Crippen LogP contribution in [-0.4, -0.2) is 11.1 Å². The van der Waals surface area contributed by atoms with Crippen molar-refractivity contribution in [3.63, 3.8) is 0 Å². The van der Waals surface area contributed by atoms with E-state index in [1.54, 1.807) is 24.3 Å². The van der Waals surface area contributed by atoms with Gasteiger partial charge in [-0.05, 0) is 103 Å². The summed E-state index contributed by atoms with van der Waals surface area (Å²) in [5, 5.41) is 18.1. The molecule has 0 aromatic heterocycles. The largest absolute Gasteiger partial charge is 0.478 e. The van der Waals surface area contributed by atoms with Gasteiger partial charge in [-0.1, -0.05) is 137 Å². The van der Waals surface area contributed by atoms with Gasteiger partial charge in [0, 0.05) is 5.69 Å². The maximum Gasteiger partial charge on any atom is 0.337 e. The van der Waals surface area contributed by atoms with Crippen LogP contribution in [0.15, 0.2) is 133 Å². The first-order valence-electron chi connectivity index (χ1n) is 16.1. The van der Waals surface area contributed by atoms with E-state index in [1.165, 1.54) is 16.7 Å². The molecule has 6 aromatic carbocycles. The molecule has 3 N–H and O–H groups in total. The number of rotatable bonds is 11. The number of nitrogens with one attached hydrogen (secondary N) is 2. The van der Waals surface area contributed by atoms with Crippen LogP contribution in [0.25, 0.3) is 0 Å². The van der Waals surface area contributed by atoms with Gasteiger partial charge in [-0.2, -0.15) is 0 Å². The first-order chi connectivity index (χ1) is 24.2. The molecular formula is C42H36Cl4N2O2. The molecule has 0 heterocycles. The van der Waals surface area contributed by atoms with Crippen LogP contribution in [0.5, 0.6) is 0 Å². The van der Waals surface area contributed by atoms with Crippen LogP contribution in [-0.2, 0) is 25.7 Å². The lowest BCUT2D eigenvalue weighted by molar-refractivity contribution is 0.0698. The first kappa shape index (κ1) is 36.8. The molecule has 0 radical (unpaired) electrons. The number of benzene rings is 6. The normalized spacial score (nSPS) is 10.6. The average Bonchev–Trinajstić information content (AvgIpc) is 3.12. The quantitative estimate of drug-likeness (QED) is 0.124. The number of para-hydroxylation sites is 2. The lowest BCUT2D eigenvalue weighted by Gasteiger charge is -2.14. The number of carboxylic acid groups (broad SMARTS) is 1. The fourth-order valence-corrected chi connectivity index (χ4v) is 6.35. The van der Waals surface area contributed by atoms with E-state index < -0.39 is 5.97 Å². The number of carbonyl (C=O) groups is 1. The lowest BCUT2D eigenvalue weighted by Crippen LogP contribution is -2.04. The molecule has 0 aliphatic heterocycles. The van der Waals surface area contributed by atoms with E-state index in [4.69, 9.17) is 46.4 Å². The number of hydrogen-bond donors (Lipinski definition) is 3. The van der Waals surface area contributed by atoms with Gasteiger partial charge in [0.05, 0.1) is 42.7 Å². The molecular weight excluding hydrogens is 706 g/mol. The van der Waals surface area contributed by atoms with Crippen molar-refractivity contribution in [3.05, 3.63) is 187 Å². The van der Waals surface area contributed by atoms with Crippen molar-refractivity contribution in [1.29, 1.82) is 0 Å². The Morgan fingerprint density at radius 2 is 0.900 bits per heavy atom. The monoisotopic (exact) mass is 740 g/mol. The third-order valence-corrected chi connectivity index (χ3v) is 9.41. The van der Waals surface area contributed by atoms with E-state index in [-0.39, 0.29) is 5.56 Å². The maximum atomic E-state index is 11.6. The molecule has 0 saturated heterocycles. The van der Waals surface area contributed by atoms with Gasteiger partial charge in [0.15, 0.2) is 0 Å². The summed E-state index contributed by atoms with van der Waals surface area (Å²) in [5.41, 5.74) is 9.00. The molecule has 50 heavy (non-hydrogen) atoms. The summed E-state index contributed by atoms with van der Waals surface area (Å²) in [5.74, 6) is -1.01. The summed E-state index contributed by atoms with van der Waals surface area (Å²) in [6, 6.07) is 43.1. The predicted octanol–water partition coefficient (Wildman–Crippen LogP) is 13.1. The summed E-state index contributed by atoms with van der Waals surface area (Å²) in [6.07, 6.45) is 3.69. The van der Waals surface area contributed by atoms with Crippen molar-refractivity contribution in [3.8, 4) is 0 Å². The Kier molecular flexibility index (Phi) is 13.2. The molecule has 254 valence electrons. The predicted molar refractivity (Wildman–Crippen MR) is 212 cm³/mol. The highest BCUT2D eigenvalue weighted by Gasteiger charge is 2.14. The van der Waals surface area contributed by atoms with Crippen molar-refractivity contribution >= 4 is 75.1 Å². The Hall–Kier alpha value is -4.45. The summed E-state index contributed by atoms with van der Waals surface area (Å²) in [4.78, 5) is 11.6. The van der Waals surface area contributed by atoms with Crippen molar-refractivity contribution in [2.75, 3.05) is 10.6 Å². The van der Waals surface area contributed by atoms with Gasteiger partial charge in [-0.15, -0.1) is 0 Å². The highest BCUT2D eigenvalue weighted by molar-refractivity contribution is 6.40. The van der Waals surface area contributed by atoms with E-state index in [9.17, 15) is 9.90 Å². The summed E-state index contributed by atoms with van der Waals surface area (Å²) >= 11 is 24.9. The number of anilines is 4. The lowest BCUT2D eigenvalue weighted by atomic mass is 10.0. The van der Waals surface area contributed by atoms with E-state index in [1.807, 2.05) is 54.6 Å². The van der Waals surface area contributed by atoms with Gasteiger partial charge in [0.2, 0.25) is 0 Å². The van der Waals surface area contributed by atoms with E-state index in [0.717, 1.165) is 48.2 Å². The third kappa shape index (κ3) is 10.3. The van der Waals surface area contributed by atoms with E-state index in [2.05, 4.69) is 72.2 Å². The van der Waals surface area contributed by atoms with Crippen LogP contribution in [0.3, 0.4) is 0 Å². The topological polar surface area (TPSA) is 61.4 Å². The number of aromatic carboxylic acids is 1. The SMILES string of the molecule is Cc1ccc(CCc2ccccc2)cc1Nc1c(Cl)cccc1Cl.O=C(O)c1ccc(CCc2ccccc2)cc1Nc1c(Cl)cccc1Cl. The first-order valence-corrected chi connectivity index (χ1v) is 17.6. The molecule has 0 fully saturated rings. The zero-order valence-corrected chi connectivity index (χ0v) is 30.4. The maximum absolute atomic E-state index is 11.6. The van der Waals surface area contributed by atoms with Crippen LogP contribution >= 0.6 is 46.4 Å². The van der Waals surface area contributed by atoms with Crippen LogP contribution in [0, 0.1) is 6.92 Å². The molecule has 0 spiro atoms. The summed E-state index contributed by atoms with van der Waals surface area (Å²) in [7, 11) is 0. The second-order valence-corrected chi connectivity index (χ2v) is 13.4. The molecule has 0 bridgehead atoms. The second kappa shape index (κ2) is 18.0. The standard InChI is InChI=1S/C21H17Cl2NO2.C21H19Cl2N/c22-17-7-4-8-18(23)20(17)24-19-13-15(11-12-16(19)21(25)26)10-9-14-5-2-1-3-6-14;1-15-10-11-17(13-12-16-6-3-2-4-7-16)14-20(15)24-21-18(22)8-5-9-19(21)23/h1-8,11-13,24H,9-10H2,(H,25,26);2-11,14,24H,12-13H2,1H3. The number of hydrogen-bond acceptors (Lipinski definition) is 3. The van der Waals surface area contributed by atoms with Crippen LogP contribution < -0.4 is 10.6 Å². The fourth-order valence-electron chi connectivity index (χ4n) is 5.37. The molecule has 6 rings (SSSR count). The van der Waals surface area contributed by atoms with Crippen LogP contribution in [0.2, 0.25) is 20.1 Å². The molecule has 0 saturated carbocycles. The molecule has 0 unspecified atom stereocenters. The minimum Gasteiger partial charge on any atom is -0.478 e. The highest BCUT2D eigenvalue weighted by Crippen LogP contribution is 2.35. The van der Waals surface area contributed by atoms with Crippen LogP contribution in [0.4, 0.5) is 22.7 Å². The summed E-state index contributed by atoms with van der Waals surface area (Å²) in [6.45, 7) is 2.08. The van der Waals surface area contributed by atoms with Crippen molar-refractivity contribution in [2.45, 2.75) is 32.6 Å². The molecule has 0 aliphatic carbocycles. The summed E-state index contributed by atoms with van der Waals surface area (Å²) < 4.78 is 0. The van der Waals surface area contributed by atoms with Gasteiger partial charge < -0.3 is 15.7 Å². The molecule has 0 atom stereocenters. The van der Waals surface area contributed by atoms with Gasteiger partial charge in [0.1, 0.15) is 0 Å².